The van der Waals surface area contributed by atoms with Crippen molar-refractivity contribution < 1.29 is 12.7 Å². The maximum atomic E-state index is 7.00. The van der Waals surface area contributed by atoms with E-state index < -0.39 is 0 Å². The van der Waals surface area contributed by atoms with Gasteiger partial charge in [0.05, 0.1) is 0 Å². The number of halogens is 2. The van der Waals surface area contributed by atoms with E-state index in [1.54, 1.807) is 48.5 Å². The molecule has 0 bridgehead atoms. The van der Waals surface area contributed by atoms with E-state index in [9.17, 15) is 0 Å². The molecule has 0 aromatic heterocycles. The van der Waals surface area contributed by atoms with E-state index in [2.05, 4.69) is 0 Å². The van der Waals surface area contributed by atoms with E-state index in [4.69, 9.17) is 43.3 Å². The van der Waals surface area contributed by atoms with E-state index in [-0.39, 0.29) is 0 Å². The van der Waals surface area contributed by atoms with Crippen LogP contribution in [0.3, 0.4) is 0 Å². The number of benzene rings is 4. The molecule has 0 radical (unpaired) electrons. The molecule has 0 saturated carbocycles. The van der Waals surface area contributed by atoms with Gasteiger partial charge in [-0.1, -0.05) is 121 Å². The Labute approximate surface area is 199 Å². The molecule has 4 aromatic rings. The minimum atomic E-state index is 0.569. The van der Waals surface area contributed by atoms with Gasteiger partial charge in [0.25, 0.3) is 0 Å². The number of rotatable bonds is 0. The first kappa shape index (κ1) is 28.2. The summed E-state index contributed by atoms with van der Waals surface area (Å²) in [4.78, 5) is 0. The molecule has 7 heteroatoms. The van der Waals surface area contributed by atoms with Crippen LogP contribution in [0, 0.1) is 0 Å². The van der Waals surface area contributed by atoms with Crippen molar-refractivity contribution in [2.75, 3.05) is 0 Å². The van der Waals surface area contributed by atoms with Gasteiger partial charge in [-0.15, -0.1) is 22.7 Å². The largest absolute Gasteiger partial charge is 0.699 e. The summed E-state index contributed by atoms with van der Waals surface area (Å²) in [7, 11) is 9.40. The summed E-state index contributed by atoms with van der Waals surface area (Å²) in [5, 5.41) is 0. The monoisotopic (exact) mass is 496 g/mol. The van der Waals surface area contributed by atoms with Gasteiger partial charge in [0, 0.05) is 0 Å². The van der Waals surface area contributed by atoms with Crippen LogP contribution in [-0.4, -0.2) is 0 Å². The van der Waals surface area contributed by atoms with Crippen molar-refractivity contribution in [2.45, 2.75) is 0 Å². The zero-order valence-corrected chi connectivity index (χ0v) is 19.1. The minimum Gasteiger partial charge on any atom is -0.699 e. The van der Waals surface area contributed by atoms with Gasteiger partial charge >= 0.3 is 33.0 Å². The third-order valence-electron chi connectivity index (χ3n) is 3.10. The Bertz CT molecular complexity index is 719. The molecule has 4 nitrogen and oxygen atoms in total. The van der Waals surface area contributed by atoms with E-state index in [1.807, 2.05) is 72.8 Å². The second kappa shape index (κ2) is 20.4. The summed E-state index contributed by atoms with van der Waals surface area (Å²) in [5.41, 5.74) is 30.3. The molecule has 4 aromatic carbocycles. The second-order valence-electron chi connectivity index (χ2n) is 5.51. The molecule has 0 atom stereocenters. The predicted molar refractivity (Wildman–Crippen MR) is 133 cm³/mol. The average Bonchev–Trinajstić information content (AvgIpc) is 2.78. The molecule has 0 aliphatic rings. The molecule has 0 unspecified atom stereocenters. The molecule has 0 aliphatic heterocycles. The molecule has 31 heavy (non-hydrogen) atoms. The molecule has 168 valence electrons. The van der Waals surface area contributed by atoms with Gasteiger partial charge in [0.1, 0.15) is 0 Å². The van der Waals surface area contributed by atoms with Crippen LogP contribution in [0.15, 0.2) is 121 Å². The summed E-state index contributed by atoms with van der Waals surface area (Å²) >= 11 is 0.569. The molecule has 4 N–H and O–H groups in total. The van der Waals surface area contributed by atoms with Gasteiger partial charge in [-0.05, 0) is 0 Å². The molecular formula is C24H24Cl2N4Ni-4. The van der Waals surface area contributed by atoms with Crippen LogP contribution in [-0.2, 0) is 12.7 Å². The average molecular weight is 498 g/mol. The molecule has 0 heterocycles. The van der Waals surface area contributed by atoms with Crippen LogP contribution in [0.4, 0.5) is 22.7 Å². The van der Waals surface area contributed by atoms with E-state index in [1.165, 1.54) is 0 Å². The Morgan fingerprint density at radius 3 is 0.548 bits per heavy atom. The first-order valence-corrected chi connectivity index (χ1v) is 11.6. The summed E-state index contributed by atoms with van der Waals surface area (Å²) in [5.74, 6) is 0. The van der Waals surface area contributed by atoms with Crippen molar-refractivity contribution in [3.63, 3.8) is 0 Å². The van der Waals surface area contributed by atoms with Gasteiger partial charge in [0.15, 0.2) is 0 Å². The van der Waals surface area contributed by atoms with Crippen molar-refractivity contribution in [1.82, 2.24) is 0 Å². The summed E-state index contributed by atoms with van der Waals surface area (Å²) in [6.07, 6.45) is 0. The fourth-order valence-electron chi connectivity index (χ4n) is 1.75. The van der Waals surface area contributed by atoms with Crippen LogP contribution >= 0.6 is 20.4 Å². The van der Waals surface area contributed by atoms with Gasteiger partial charge in [-0.25, -0.2) is 0 Å². The molecular weight excluding hydrogens is 474 g/mol. The summed E-state index contributed by atoms with van der Waals surface area (Å²) < 4.78 is 0. The van der Waals surface area contributed by atoms with Crippen molar-refractivity contribution in [1.29, 1.82) is 0 Å². The van der Waals surface area contributed by atoms with Crippen LogP contribution in [0.2, 0.25) is 0 Å². The Balaban J connectivity index is 0.000000371. The Hall–Kier alpha value is -2.85. The third-order valence-corrected chi connectivity index (χ3v) is 3.10. The quantitative estimate of drug-likeness (QED) is 0.216. The Morgan fingerprint density at radius 2 is 0.484 bits per heavy atom. The second-order valence-corrected chi connectivity index (χ2v) is 7.14. The standard InChI is InChI=1S/4C6H6N.2ClH.Ni/c4*7-6-4-2-1-3-5-6;;;/h4*1-5,7H;2*1H;/q4*-1;;;+2/p-2. The van der Waals surface area contributed by atoms with E-state index in [0.717, 1.165) is 0 Å². The van der Waals surface area contributed by atoms with Crippen LogP contribution in [0.1, 0.15) is 0 Å². The van der Waals surface area contributed by atoms with Gasteiger partial charge < -0.3 is 22.9 Å². The maximum absolute atomic E-state index is 7.00. The molecule has 0 spiro atoms. The van der Waals surface area contributed by atoms with Crippen molar-refractivity contribution >= 4 is 43.1 Å². The smallest absolute Gasteiger partial charge is 0.0624 e. The van der Waals surface area contributed by atoms with E-state index >= 15 is 0 Å². The predicted octanol–water partition coefficient (Wildman–Crippen LogP) is 10.9. The Kier molecular flexibility index (Phi) is 18.6. The first-order chi connectivity index (χ1) is 15.0. The molecule has 0 saturated heterocycles. The van der Waals surface area contributed by atoms with Gasteiger partial charge in [-0.2, -0.15) is 0 Å². The summed E-state index contributed by atoms with van der Waals surface area (Å²) in [6, 6.07) is 36.4. The zero-order valence-electron chi connectivity index (χ0n) is 16.6. The zero-order chi connectivity index (χ0) is 23.2. The van der Waals surface area contributed by atoms with Crippen LogP contribution in [0.5, 0.6) is 0 Å². The maximum Gasteiger partial charge on any atom is -0.0624 e. The van der Waals surface area contributed by atoms with Crippen molar-refractivity contribution in [2.24, 2.45) is 0 Å². The first-order valence-electron chi connectivity index (χ1n) is 8.88. The minimum absolute atomic E-state index is 0.569. The molecule has 0 amide bonds. The fraction of sp³-hybridized carbons (Fsp3) is 0. The SMILES string of the molecule is [Cl][Ni][Cl].[NH-]c1ccccc1.[NH-]c1ccccc1.[NH-]c1ccccc1.[NH-]c1ccccc1. The fourth-order valence-corrected chi connectivity index (χ4v) is 1.75. The third kappa shape index (κ3) is 20.2. The van der Waals surface area contributed by atoms with Gasteiger partial charge in [-0.3, -0.25) is 0 Å². The van der Waals surface area contributed by atoms with E-state index in [0.29, 0.717) is 35.4 Å². The van der Waals surface area contributed by atoms with Crippen molar-refractivity contribution in [3.8, 4) is 0 Å². The molecule has 0 fully saturated rings. The summed E-state index contributed by atoms with van der Waals surface area (Å²) in [6.45, 7) is 0. The Morgan fingerprint density at radius 1 is 0.355 bits per heavy atom. The number of nitrogens with one attached hydrogen (secondary N) is 4. The molecule has 4 rings (SSSR count). The van der Waals surface area contributed by atoms with Gasteiger partial charge in [0.2, 0.25) is 0 Å². The van der Waals surface area contributed by atoms with Crippen LogP contribution < -0.4 is 0 Å². The number of hydrogen-bond donors (Lipinski definition) is 0. The normalized spacial score (nSPS) is 8.45. The number of hydrogen-bond acceptors (Lipinski definition) is 0. The topological polar surface area (TPSA) is 95.2 Å². The molecule has 0 aliphatic carbocycles. The van der Waals surface area contributed by atoms with Crippen LogP contribution in [0.25, 0.3) is 22.9 Å². The van der Waals surface area contributed by atoms with Crippen molar-refractivity contribution in [3.05, 3.63) is 144 Å².